The summed E-state index contributed by atoms with van der Waals surface area (Å²) in [4.78, 5) is 26.8. The quantitative estimate of drug-likeness (QED) is 0.494. The Balaban J connectivity index is 1.43. The van der Waals surface area contributed by atoms with E-state index in [4.69, 9.17) is 21.1 Å². The standard InChI is InChI=1S/C27H27ClN2O4/c1-27(2,3)19-6-11-22(12-7-19)33-15-14-30-23-16-21(10-13-24(23)34-17-25(30)31)29-26(32)18-4-8-20(28)9-5-18/h4-13,16H,14-15,17H2,1-3H3,(H,29,32). The van der Waals surface area contributed by atoms with Gasteiger partial charge in [0.15, 0.2) is 6.61 Å². The largest absolute Gasteiger partial charge is 0.492 e. The maximum absolute atomic E-state index is 12.6. The van der Waals surface area contributed by atoms with Gasteiger partial charge in [0.2, 0.25) is 0 Å². The highest BCUT2D eigenvalue weighted by atomic mass is 35.5. The molecule has 3 aromatic carbocycles. The van der Waals surface area contributed by atoms with Crippen molar-refractivity contribution < 1.29 is 19.1 Å². The maximum atomic E-state index is 12.6. The number of benzene rings is 3. The minimum absolute atomic E-state index is 0.0379. The van der Waals surface area contributed by atoms with E-state index in [1.165, 1.54) is 5.56 Å². The van der Waals surface area contributed by atoms with Gasteiger partial charge in [-0.25, -0.2) is 0 Å². The molecule has 7 heteroatoms. The maximum Gasteiger partial charge on any atom is 0.265 e. The SMILES string of the molecule is CC(C)(C)c1ccc(OCCN2C(=O)COc3ccc(NC(=O)c4ccc(Cl)cc4)cc32)cc1. The molecule has 176 valence electrons. The van der Waals surface area contributed by atoms with Crippen molar-refractivity contribution in [2.24, 2.45) is 0 Å². The van der Waals surface area contributed by atoms with Crippen LogP contribution in [0.25, 0.3) is 0 Å². The number of fused-ring (bicyclic) bond motifs is 1. The molecule has 34 heavy (non-hydrogen) atoms. The molecule has 0 bridgehead atoms. The molecule has 0 atom stereocenters. The van der Waals surface area contributed by atoms with Gasteiger partial charge in [0.25, 0.3) is 11.8 Å². The number of amides is 2. The number of rotatable bonds is 6. The smallest absolute Gasteiger partial charge is 0.265 e. The Morgan fingerprint density at radius 3 is 2.44 bits per heavy atom. The average molecular weight is 479 g/mol. The number of nitrogens with zero attached hydrogens (tertiary/aromatic N) is 1. The fraction of sp³-hybridized carbons (Fsp3) is 0.259. The number of anilines is 2. The van der Waals surface area contributed by atoms with Gasteiger partial charge >= 0.3 is 0 Å². The van der Waals surface area contributed by atoms with Gasteiger partial charge < -0.3 is 19.7 Å². The second kappa shape index (κ2) is 9.77. The van der Waals surface area contributed by atoms with Crippen LogP contribution < -0.4 is 19.7 Å². The normalized spacial score (nSPS) is 13.2. The molecule has 0 fully saturated rings. The van der Waals surface area contributed by atoms with Crippen molar-refractivity contribution >= 4 is 34.8 Å². The molecule has 1 N–H and O–H groups in total. The molecule has 1 aliphatic heterocycles. The van der Waals surface area contributed by atoms with Gasteiger partial charge in [-0.05, 0) is 65.6 Å². The highest BCUT2D eigenvalue weighted by molar-refractivity contribution is 6.30. The van der Waals surface area contributed by atoms with Gasteiger partial charge in [0, 0.05) is 16.3 Å². The Labute approximate surface area is 204 Å². The van der Waals surface area contributed by atoms with Crippen LogP contribution in [-0.2, 0) is 10.2 Å². The van der Waals surface area contributed by atoms with E-state index >= 15 is 0 Å². The number of carbonyl (C=O) groups excluding carboxylic acids is 2. The highest BCUT2D eigenvalue weighted by Crippen LogP contribution is 2.34. The zero-order chi connectivity index (χ0) is 24.3. The van der Waals surface area contributed by atoms with Crippen molar-refractivity contribution in [1.29, 1.82) is 0 Å². The van der Waals surface area contributed by atoms with E-state index in [9.17, 15) is 9.59 Å². The summed E-state index contributed by atoms with van der Waals surface area (Å²) in [6, 6.07) is 19.9. The molecule has 6 nitrogen and oxygen atoms in total. The van der Waals surface area contributed by atoms with Crippen LogP contribution in [0.1, 0.15) is 36.7 Å². The summed E-state index contributed by atoms with van der Waals surface area (Å²) in [6.45, 7) is 7.12. The van der Waals surface area contributed by atoms with Crippen LogP contribution in [0.2, 0.25) is 5.02 Å². The van der Waals surface area contributed by atoms with Crippen LogP contribution in [0.3, 0.4) is 0 Å². The van der Waals surface area contributed by atoms with E-state index in [1.807, 2.05) is 12.1 Å². The average Bonchev–Trinajstić information content (AvgIpc) is 2.80. The lowest BCUT2D eigenvalue weighted by atomic mass is 9.87. The monoisotopic (exact) mass is 478 g/mol. The molecule has 3 aromatic rings. The second-order valence-electron chi connectivity index (χ2n) is 9.10. The van der Waals surface area contributed by atoms with Crippen LogP contribution >= 0.6 is 11.6 Å². The van der Waals surface area contributed by atoms with E-state index in [0.717, 1.165) is 5.75 Å². The predicted octanol–water partition coefficient (Wildman–Crippen LogP) is 5.69. The van der Waals surface area contributed by atoms with E-state index < -0.39 is 0 Å². The van der Waals surface area contributed by atoms with Gasteiger partial charge in [-0.2, -0.15) is 0 Å². The zero-order valence-corrected chi connectivity index (χ0v) is 20.2. The lowest BCUT2D eigenvalue weighted by molar-refractivity contribution is -0.121. The molecule has 1 aliphatic rings. The first-order valence-corrected chi connectivity index (χ1v) is 11.5. The molecule has 0 radical (unpaired) electrons. The van der Waals surface area contributed by atoms with Gasteiger partial charge in [0.1, 0.15) is 18.1 Å². The zero-order valence-electron chi connectivity index (χ0n) is 19.4. The summed E-state index contributed by atoms with van der Waals surface area (Å²) in [5.41, 5.74) is 2.93. The minimum Gasteiger partial charge on any atom is -0.492 e. The fourth-order valence-electron chi connectivity index (χ4n) is 3.64. The number of hydrogen-bond acceptors (Lipinski definition) is 4. The van der Waals surface area contributed by atoms with Gasteiger partial charge in [-0.3, -0.25) is 9.59 Å². The molecule has 0 aliphatic carbocycles. The van der Waals surface area contributed by atoms with Crippen molar-refractivity contribution in [2.75, 3.05) is 30.0 Å². The number of ether oxygens (including phenoxy) is 2. The van der Waals surface area contributed by atoms with Crippen molar-refractivity contribution in [2.45, 2.75) is 26.2 Å². The first-order valence-electron chi connectivity index (χ1n) is 11.1. The van der Waals surface area contributed by atoms with Crippen molar-refractivity contribution in [3.63, 3.8) is 0 Å². The van der Waals surface area contributed by atoms with Crippen molar-refractivity contribution in [1.82, 2.24) is 0 Å². The molecule has 0 saturated heterocycles. The Bertz CT molecular complexity index is 1180. The first kappa shape index (κ1) is 23.6. The molecule has 0 unspecified atom stereocenters. The molecule has 1 heterocycles. The Kier molecular flexibility index (Phi) is 6.80. The third kappa shape index (κ3) is 5.51. The third-order valence-electron chi connectivity index (χ3n) is 5.57. The second-order valence-corrected chi connectivity index (χ2v) is 9.54. The van der Waals surface area contributed by atoms with E-state index in [1.54, 1.807) is 47.4 Å². The van der Waals surface area contributed by atoms with E-state index in [-0.39, 0.29) is 23.8 Å². The van der Waals surface area contributed by atoms with Crippen LogP contribution in [-0.4, -0.2) is 31.6 Å². The summed E-state index contributed by atoms with van der Waals surface area (Å²) in [6.07, 6.45) is 0. The molecule has 0 saturated carbocycles. The topological polar surface area (TPSA) is 67.9 Å². The lowest BCUT2D eigenvalue weighted by Gasteiger charge is -2.29. The number of nitrogens with one attached hydrogen (secondary N) is 1. The predicted molar refractivity (Wildman–Crippen MR) is 134 cm³/mol. The fourth-order valence-corrected chi connectivity index (χ4v) is 3.76. The third-order valence-corrected chi connectivity index (χ3v) is 5.82. The molecule has 0 spiro atoms. The Morgan fingerprint density at radius 1 is 1.06 bits per heavy atom. The molecule has 0 aromatic heterocycles. The van der Waals surface area contributed by atoms with Crippen molar-refractivity contribution in [3.05, 3.63) is 82.9 Å². The summed E-state index contributed by atoms with van der Waals surface area (Å²) < 4.78 is 11.5. The number of hydrogen-bond donors (Lipinski definition) is 1. The summed E-state index contributed by atoms with van der Waals surface area (Å²) in [5, 5.41) is 3.41. The van der Waals surface area contributed by atoms with Gasteiger partial charge in [0.05, 0.1) is 12.2 Å². The Morgan fingerprint density at radius 2 is 1.76 bits per heavy atom. The van der Waals surface area contributed by atoms with Crippen LogP contribution in [0.15, 0.2) is 66.7 Å². The van der Waals surface area contributed by atoms with E-state index in [0.29, 0.717) is 40.9 Å². The van der Waals surface area contributed by atoms with Gasteiger partial charge in [-0.1, -0.05) is 44.5 Å². The summed E-state index contributed by atoms with van der Waals surface area (Å²) in [5.74, 6) is 0.894. The number of halogens is 1. The summed E-state index contributed by atoms with van der Waals surface area (Å²) in [7, 11) is 0. The molecular formula is C27H27ClN2O4. The van der Waals surface area contributed by atoms with Crippen LogP contribution in [0.4, 0.5) is 11.4 Å². The lowest BCUT2D eigenvalue weighted by Crippen LogP contribution is -2.41. The van der Waals surface area contributed by atoms with E-state index in [2.05, 4.69) is 38.2 Å². The molecule has 2 amide bonds. The molecular weight excluding hydrogens is 452 g/mol. The van der Waals surface area contributed by atoms with Crippen molar-refractivity contribution in [3.8, 4) is 11.5 Å². The summed E-state index contributed by atoms with van der Waals surface area (Å²) >= 11 is 5.90. The first-order chi connectivity index (χ1) is 16.2. The van der Waals surface area contributed by atoms with Crippen LogP contribution in [0.5, 0.6) is 11.5 Å². The van der Waals surface area contributed by atoms with Gasteiger partial charge in [-0.15, -0.1) is 0 Å². The molecule has 4 rings (SSSR count). The minimum atomic E-state index is -0.270. The highest BCUT2D eigenvalue weighted by Gasteiger charge is 2.26. The van der Waals surface area contributed by atoms with Crippen LogP contribution in [0, 0.1) is 0 Å². The number of carbonyl (C=O) groups is 2. The Hall–Kier alpha value is -3.51.